The van der Waals surface area contributed by atoms with Crippen LogP contribution in [0.5, 0.6) is 0 Å². The second kappa shape index (κ2) is 4.81. The Bertz CT molecular complexity index is 494. The van der Waals surface area contributed by atoms with Crippen molar-refractivity contribution < 1.29 is 4.79 Å². The minimum absolute atomic E-state index is 0.661. The van der Waals surface area contributed by atoms with Crippen LogP contribution in [0.4, 0.5) is 5.69 Å². The summed E-state index contributed by atoms with van der Waals surface area (Å²) in [6.07, 6.45) is 0.661. The monoisotopic (exact) mass is 231 g/mol. The summed E-state index contributed by atoms with van der Waals surface area (Å²) in [6.45, 7) is 0. The molecule has 1 amide bonds. The minimum atomic E-state index is 0.661. The Labute approximate surface area is 98.9 Å². The zero-order chi connectivity index (χ0) is 11.4. The first-order chi connectivity index (χ1) is 7.79. The maximum absolute atomic E-state index is 10.2. The number of nitrogens with one attached hydrogen (secondary N) is 1. The molecule has 2 rings (SSSR count). The van der Waals surface area contributed by atoms with Crippen molar-refractivity contribution in [1.29, 1.82) is 0 Å². The van der Waals surface area contributed by atoms with Gasteiger partial charge in [0.05, 0.1) is 0 Å². The smallest absolute Gasteiger partial charge is 0.211 e. The Morgan fingerprint density at radius 1 is 1.00 bits per heavy atom. The number of halogens is 1. The average molecular weight is 232 g/mol. The summed E-state index contributed by atoms with van der Waals surface area (Å²) in [4.78, 5) is 10.2. The largest absolute Gasteiger partial charge is 0.329 e. The first kappa shape index (κ1) is 10.7. The predicted molar refractivity (Wildman–Crippen MR) is 66.6 cm³/mol. The van der Waals surface area contributed by atoms with Crippen molar-refractivity contribution in [2.24, 2.45) is 0 Å². The topological polar surface area (TPSA) is 29.1 Å². The summed E-state index contributed by atoms with van der Waals surface area (Å²) >= 11 is 5.92. The van der Waals surface area contributed by atoms with E-state index in [1.165, 1.54) is 0 Å². The van der Waals surface area contributed by atoms with Gasteiger partial charge in [0.15, 0.2) is 0 Å². The zero-order valence-electron chi connectivity index (χ0n) is 8.48. The molecule has 2 aromatic rings. The summed E-state index contributed by atoms with van der Waals surface area (Å²) in [5.41, 5.74) is 2.91. The standard InChI is InChI=1S/C13H10ClNO/c14-12-3-1-2-11(8-12)10-4-6-13(7-5-10)15-9-16/h1-9H,(H,15,16). The molecule has 2 nitrogen and oxygen atoms in total. The van der Waals surface area contributed by atoms with Gasteiger partial charge in [-0.25, -0.2) is 0 Å². The zero-order valence-corrected chi connectivity index (χ0v) is 9.24. The molecule has 0 bridgehead atoms. The summed E-state index contributed by atoms with van der Waals surface area (Å²) in [5, 5.41) is 3.31. The molecule has 0 saturated heterocycles. The van der Waals surface area contributed by atoms with Crippen LogP contribution in [-0.2, 0) is 4.79 Å². The van der Waals surface area contributed by atoms with Gasteiger partial charge in [0.25, 0.3) is 0 Å². The second-order valence-corrected chi connectivity index (χ2v) is 3.79. The summed E-state index contributed by atoms with van der Waals surface area (Å²) in [6, 6.07) is 15.2. The fraction of sp³-hybridized carbons (Fsp3) is 0. The molecule has 0 saturated carbocycles. The van der Waals surface area contributed by atoms with E-state index in [0.29, 0.717) is 11.4 Å². The lowest BCUT2D eigenvalue weighted by Gasteiger charge is -2.03. The Morgan fingerprint density at radius 3 is 2.38 bits per heavy atom. The van der Waals surface area contributed by atoms with Crippen LogP contribution >= 0.6 is 11.6 Å². The molecule has 0 aliphatic heterocycles. The third-order valence-corrected chi connectivity index (χ3v) is 2.50. The maximum atomic E-state index is 10.2. The molecular weight excluding hydrogens is 222 g/mol. The molecular formula is C13H10ClNO. The van der Waals surface area contributed by atoms with Gasteiger partial charge in [-0.2, -0.15) is 0 Å². The summed E-state index contributed by atoms with van der Waals surface area (Å²) in [7, 11) is 0. The van der Waals surface area contributed by atoms with Crippen LogP contribution in [0, 0.1) is 0 Å². The van der Waals surface area contributed by atoms with E-state index in [1.807, 2.05) is 48.5 Å². The average Bonchev–Trinajstić information content (AvgIpc) is 2.30. The maximum Gasteiger partial charge on any atom is 0.211 e. The van der Waals surface area contributed by atoms with Crippen molar-refractivity contribution in [3.63, 3.8) is 0 Å². The van der Waals surface area contributed by atoms with E-state index in [1.54, 1.807) is 0 Å². The van der Waals surface area contributed by atoms with Crippen molar-refractivity contribution in [3.05, 3.63) is 53.6 Å². The molecule has 0 spiro atoms. The fourth-order valence-corrected chi connectivity index (χ4v) is 1.69. The van der Waals surface area contributed by atoms with Gasteiger partial charge < -0.3 is 5.32 Å². The van der Waals surface area contributed by atoms with E-state index >= 15 is 0 Å². The molecule has 0 radical (unpaired) electrons. The van der Waals surface area contributed by atoms with Crippen LogP contribution in [0.1, 0.15) is 0 Å². The Morgan fingerprint density at radius 2 is 1.75 bits per heavy atom. The molecule has 0 fully saturated rings. The van der Waals surface area contributed by atoms with Crippen LogP contribution in [0.25, 0.3) is 11.1 Å². The van der Waals surface area contributed by atoms with Gasteiger partial charge in [0.2, 0.25) is 6.41 Å². The highest BCUT2D eigenvalue weighted by Gasteiger charge is 1.98. The molecule has 0 heterocycles. The fourth-order valence-electron chi connectivity index (χ4n) is 1.49. The van der Waals surface area contributed by atoms with Gasteiger partial charge in [-0.3, -0.25) is 4.79 Å². The quantitative estimate of drug-likeness (QED) is 0.804. The van der Waals surface area contributed by atoms with Gasteiger partial charge in [-0.15, -0.1) is 0 Å². The number of hydrogen-bond donors (Lipinski definition) is 1. The third-order valence-electron chi connectivity index (χ3n) is 2.27. The second-order valence-electron chi connectivity index (χ2n) is 3.35. The lowest BCUT2D eigenvalue weighted by atomic mass is 10.1. The Balaban J connectivity index is 2.31. The van der Waals surface area contributed by atoms with Crippen LogP contribution in [0.2, 0.25) is 5.02 Å². The lowest BCUT2D eigenvalue weighted by molar-refractivity contribution is -0.105. The molecule has 0 aromatic heterocycles. The molecule has 2 aromatic carbocycles. The normalized spacial score (nSPS) is 9.81. The molecule has 3 heteroatoms. The van der Waals surface area contributed by atoms with Crippen molar-refractivity contribution in [1.82, 2.24) is 0 Å². The summed E-state index contributed by atoms with van der Waals surface area (Å²) < 4.78 is 0. The van der Waals surface area contributed by atoms with E-state index in [4.69, 9.17) is 11.6 Å². The van der Waals surface area contributed by atoms with Crippen LogP contribution in [0.3, 0.4) is 0 Å². The minimum Gasteiger partial charge on any atom is -0.329 e. The highest BCUT2D eigenvalue weighted by molar-refractivity contribution is 6.30. The number of rotatable bonds is 3. The van der Waals surface area contributed by atoms with Crippen molar-refractivity contribution >= 4 is 23.7 Å². The van der Waals surface area contributed by atoms with Gasteiger partial charge >= 0.3 is 0 Å². The van der Waals surface area contributed by atoms with Crippen molar-refractivity contribution in [2.75, 3.05) is 5.32 Å². The number of hydrogen-bond acceptors (Lipinski definition) is 1. The highest BCUT2D eigenvalue weighted by atomic mass is 35.5. The van der Waals surface area contributed by atoms with E-state index in [9.17, 15) is 4.79 Å². The van der Waals surface area contributed by atoms with Crippen LogP contribution in [-0.4, -0.2) is 6.41 Å². The van der Waals surface area contributed by atoms with Gasteiger partial charge in [-0.05, 0) is 35.4 Å². The molecule has 80 valence electrons. The van der Waals surface area contributed by atoms with E-state index in [-0.39, 0.29) is 0 Å². The molecule has 0 atom stereocenters. The molecule has 1 N–H and O–H groups in total. The highest BCUT2D eigenvalue weighted by Crippen LogP contribution is 2.23. The number of benzene rings is 2. The molecule has 0 unspecified atom stereocenters. The molecule has 0 aliphatic carbocycles. The van der Waals surface area contributed by atoms with E-state index < -0.39 is 0 Å². The number of carbonyl (C=O) groups excluding carboxylic acids is 1. The summed E-state index contributed by atoms with van der Waals surface area (Å²) in [5.74, 6) is 0. The Hall–Kier alpha value is -1.80. The van der Waals surface area contributed by atoms with Crippen LogP contribution in [0.15, 0.2) is 48.5 Å². The van der Waals surface area contributed by atoms with Gasteiger partial charge in [0.1, 0.15) is 0 Å². The number of anilines is 1. The number of carbonyl (C=O) groups is 1. The Kier molecular flexibility index (Phi) is 3.22. The molecule has 0 aliphatic rings. The van der Waals surface area contributed by atoms with Crippen LogP contribution < -0.4 is 5.32 Å². The molecule has 16 heavy (non-hydrogen) atoms. The third kappa shape index (κ3) is 2.41. The predicted octanol–water partition coefficient (Wildman–Crippen LogP) is 3.58. The van der Waals surface area contributed by atoms with Crippen molar-refractivity contribution in [2.45, 2.75) is 0 Å². The van der Waals surface area contributed by atoms with Gasteiger partial charge in [0, 0.05) is 10.7 Å². The lowest BCUT2D eigenvalue weighted by Crippen LogP contribution is -1.92. The first-order valence-corrected chi connectivity index (χ1v) is 5.23. The first-order valence-electron chi connectivity index (χ1n) is 4.86. The van der Waals surface area contributed by atoms with Crippen molar-refractivity contribution in [3.8, 4) is 11.1 Å². The van der Waals surface area contributed by atoms with Gasteiger partial charge in [-0.1, -0.05) is 35.9 Å². The van der Waals surface area contributed by atoms with E-state index in [2.05, 4.69) is 5.32 Å². The van der Waals surface area contributed by atoms with E-state index in [0.717, 1.165) is 16.8 Å². The SMILES string of the molecule is O=CNc1ccc(-c2cccc(Cl)c2)cc1. The number of amides is 1.